The summed E-state index contributed by atoms with van der Waals surface area (Å²) in [6, 6.07) is 0. The number of hydrazone groups is 1. The van der Waals surface area contributed by atoms with E-state index < -0.39 is 11.1 Å². The first-order chi connectivity index (χ1) is 6.02. The van der Waals surface area contributed by atoms with Crippen LogP contribution >= 0.6 is 11.8 Å². The SMILES string of the molecule is COC(=O)N(C)C(=N[N+](=O)[O-])SC. The van der Waals surface area contributed by atoms with E-state index in [0.717, 1.165) is 16.7 Å². The van der Waals surface area contributed by atoms with Crippen molar-refractivity contribution in [1.82, 2.24) is 4.90 Å². The molecule has 0 fully saturated rings. The Bertz CT molecular complexity index is 242. The Morgan fingerprint density at radius 1 is 1.69 bits per heavy atom. The van der Waals surface area contributed by atoms with Gasteiger partial charge >= 0.3 is 6.09 Å². The van der Waals surface area contributed by atoms with Crippen LogP contribution in [0.5, 0.6) is 0 Å². The summed E-state index contributed by atoms with van der Waals surface area (Å²) < 4.78 is 4.35. The fourth-order valence-corrected chi connectivity index (χ4v) is 1.03. The van der Waals surface area contributed by atoms with Crippen molar-refractivity contribution in [2.24, 2.45) is 5.10 Å². The van der Waals surface area contributed by atoms with Crippen LogP contribution in [0.3, 0.4) is 0 Å². The van der Waals surface area contributed by atoms with Gasteiger partial charge in [0.15, 0.2) is 5.03 Å². The van der Waals surface area contributed by atoms with Crippen LogP contribution < -0.4 is 0 Å². The highest BCUT2D eigenvalue weighted by Crippen LogP contribution is 2.04. The minimum absolute atomic E-state index is 0.0307. The van der Waals surface area contributed by atoms with Crippen molar-refractivity contribution in [2.45, 2.75) is 0 Å². The van der Waals surface area contributed by atoms with Gasteiger partial charge in [0.25, 0.3) is 0 Å². The zero-order valence-electron chi connectivity index (χ0n) is 7.38. The van der Waals surface area contributed by atoms with Crippen LogP contribution in [0.2, 0.25) is 0 Å². The molecular weight excluding hydrogens is 198 g/mol. The smallest absolute Gasteiger partial charge is 0.415 e. The number of ether oxygens (including phenoxy) is 1. The molecule has 0 aliphatic rings. The van der Waals surface area contributed by atoms with Crippen LogP contribution in [-0.2, 0) is 4.74 Å². The summed E-state index contributed by atoms with van der Waals surface area (Å²) >= 11 is 0.983. The minimum Gasteiger partial charge on any atom is -0.452 e. The average Bonchev–Trinajstić information content (AvgIpc) is 2.11. The third kappa shape index (κ3) is 3.74. The van der Waals surface area contributed by atoms with E-state index in [4.69, 9.17) is 0 Å². The lowest BCUT2D eigenvalue weighted by molar-refractivity contribution is -0.485. The Morgan fingerprint density at radius 2 is 2.23 bits per heavy atom. The van der Waals surface area contributed by atoms with Crippen LogP contribution in [0.1, 0.15) is 0 Å². The van der Waals surface area contributed by atoms with E-state index in [1.807, 2.05) is 0 Å². The highest BCUT2D eigenvalue weighted by molar-refractivity contribution is 8.13. The maximum absolute atomic E-state index is 10.9. The van der Waals surface area contributed by atoms with E-state index in [-0.39, 0.29) is 5.17 Å². The fourth-order valence-electron chi connectivity index (χ4n) is 0.530. The molecule has 0 aromatic heterocycles. The van der Waals surface area contributed by atoms with Crippen LogP contribution in [0, 0.1) is 10.1 Å². The zero-order valence-corrected chi connectivity index (χ0v) is 8.20. The predicted octanol–water partition coefficient (Wildman–Crippen LogP) is 0.595. The second-order valence-corrected chi connectivity index (χ2v) is 2.63. The largest absolute Gasteiger partial charge is 0.452 e. The Hall–Kier alpha value is -1.31. The first-order valence-electron chi connectivity index (χ1n) is 3.11. The molecule has 0 saturated carbocycles. The number of nitro groups is 1. The lowest BCUT2D eigenvalue weighted by atomic mass is 10.9. The molecular formula is C5H9N3O4S. The quantitative estimate of drug-likeness (QED) is 0.272. The van der Waals surface area contributed by atoms with E-state index in [1.165, 1.54) is 14.2 Å². The van der Waals surface area contributed by atoms with Crippen molar-refractivity contribution in [2.75, 3.05) is 20.4 Å². The summed E-state index contributed by atoms with van der Waals surface area (Å²) in [6.07, 6.45) is 0.872. The normalized spacial score (nSPS) is 10.8. The van der Waals surface area contributed by atoms with Crippen LogP contribution in [0.15, 0.2) is 5.10 Å². The standard InChI is InChI=1S/C5H9N3O4S/c1-7(5(9)12-2)4(13-3)6-8(10)11/h1-3H3. The molecule has 7 nitrogen and oxygen atoms in total. The third-order valence-electron chi connectivity index (χ3n) is 1.09. The fraction of sp³-hybridized carbons (Fsp3) is 0.600. The number of amides is 1. The number of methoxy groups -OCH3 is 1. The monoisotopic (exact) mass is 207 g/mol. The van der Waals surface area contributed by atoms with E-state index in [2.05, 4.69) is 9.84 Å². The highest BCUT2D eigenvalue weighted by atomic mass is 32.2. The van der Waals surface area contributed by atoms with Gasteiger partial charge in [0, 0.05) is 7.05 Å². The van der Waals surface area contributed by atoms with E-state index in [9.17, 15) is 14.9 Å². The summed E-state index contributed by atoms with van der Waals surface area (Å²) in [4.78, 5) is 21.8. The van der Waals surface area contributed by atoms with Crippen molar-refractivity contribution in [3.05, 3.63) is 10.1 Å². The van der Waals surface area contributed by atoms with Gasteiger partial charge in [-0.2, -0.15) is 0 Å². The summed E-state index contributed by atoms with van der Waals surface area (Å²) in [6.45, 7) is 0. The zero-order chi connectivity index (χ0) is 10.4. The molecule has 0 N–H and O–H groups in total. The minimum atomic E-state index is -0.870. The van der Waals surface area contributed by atoms with E-state index in [0.29, 0.717) is 0 Å². The number of nitrogens with zero attached hydrogens (tertiary/aromatic N) is 3. The van der Waals surface area contributed by atoms with Gasteiger partial charge < -0.3 is 4.74 Å². The van der Waals surface area contributed by atoms with Crippen LogP contribution in [-0.4, -0.2) is 41.6 Å². The van der Waals surface area contributed by atoms with Crippen LogP contribution in [0.25, 0.3) is 0 Å². The maximum atomic E-state index is 10.9. The van der Waals surface area contributed by atoms with Crippen molar-refractivity contribution >= 4 is 23.0 Å². The molecule has 8 heteroatoms. The Kier molecular flexibility index (Phi) is 4.82. The molecule has 0 saturated heterocycles. The third-order valence-corrected chi connectivity index (χ3v) is 1.81. The molecule has 0 bridgehead atoms. The number of hydrogen-bond donors (Lipinski definition) is 0. The lowest BCUT2D eigenvalue weighted by Gasteiger charge is -2.12. The van der Waals surface area contributed by atoms with Gasteiger partial charge in [-0.05, 0) is 6.26 Å². The molecule has 0 atom stereocenters. The van der Waals surface area contributed by atoms with Crippen LogP contribution in [0.4, 0.5) is 4.79 Å². The Labute approximate surface area is 78.9 Å². The van der Waals surface area contributed by atoms with Crippen molar-refractivity contribution in [3.63, 3.8) is 0 Å². The lowest BCUT2D eigenvalue weighted by Crippen LogP contribution is -2.31. The van der Waals surface area contributed by atoms with Gasteiger partial charge in [-0.15, -0.1) is 0 Å². The van der Waals surface area contributed by atoms with E-state index in [1.54, 1.807) is 6.26 Å². The summed E-state index contributed by atoms with van der Waals surface area (Å²) in [7, 11) is 2.52. The van der Waals surface area contributed by atoms with Crippen molar-refractivity contribution in [3.8, 4) is 0 Å². The second kappa shape index (κ2) is 5.36. The summed E-state index contributed by atoms with van der Waals surface area (Å²) in [5, 5.41) is 12.1. The van der Waals surface area contributed by atoms with Gasteiger partial charge in [0.05, 0.1) is 12.2 Å². The molecule has 0 aliphatic heterocycles. The molecule has 13 heavy (non-hydrogen) atoms. The molecule has 0 aromatic carbocycles. The number of amidine groups is 1. The highest BCUT2D eigenvalue weighted by Gasteiger charge is 2.17. The molecule has 0 heterocycles. The number of carbonyl (C=O) groups is 1. The maximum Gasteiger partial charge on any atom is 0.415 e. The topological polar surface area (TPSA) is 85.0 Å². The number of carbonyl (C=O) groups excluding carboxylic acids is 1. The average molecular weight is 207 g/mol. The van der Waals surface area contributed by atoms with Gasteiger partial charge in [0.1, 0.15) is 0 Å². The molecule has 1 amide bonds. The van der Waals surface area contributed by atoms with Gasteiger partial charge in [0.2, 0.25) is 5.17 Å². The Morgan fingerprint density at radius 3 is 2.54 bits per heavy atom. The number of hydrogen-bond acceptors (Lipinski definition) is 5. The number of rotatable bonds is 1. The molecule has 0 rings (SSSR count). The van der Waals surface area contributed by atoms with Crippen molar-refractivity contribution < 1.29 is 14.6 Å². The molecule has 0 aliphatic carbocycles. The molecule has 0 radical (unpaired) electrons. The molecule has 0 unspecified atom stereocenters. The molecule has 74 valence electrons. The molecule has 0 spiro atoms. The van der Waals surface area contributed by atoms with Gasteiger partial charge in [-0.25, -0.2) is 14.9 Å². The van der Waals surface area contributed by atoms with Gasteiger partial charge in [-0.3, -0.25) is 4.90 Å². The summed E-state index contributed by atoms with van der Waals surface area (Å²) in [5.74, 6) is 0. The first-order valence-corrected chi connectivity index (χ1v) is 4.34. The first kappa shape index (κ1) is 11.7. The van der Waals surface area contributed by atoms with Gasteiger partial charge in [-0.1, -0.05) is 11.8 Å². The van der Waals surface area contributed by atoms with E-state index >= 15 is 0 Å². The predicted molar refractivity (Wildman–Crippen MR) is 48.1 cm³/mol. The number of thioether (sulfide) groups is 1. The summed E-state index contributed by atoms with van der Waals surface area (Å²) in [5.41, 5.74) is 0. The second-order valence-electron chi connectivity index (χ2n) is 1.85. The molecule has 0 aromatic rings. The Balaban J connectivity index is 4.58. The van der Waals surface area contributed by atoms with Crippen molar-refractivity contribution in [1.29, 1.82) is 0 Å².